The van der Waals surface area contributed by atoms with Crippen molar-refractivity contribution in [2.45, 2.75) is 124 Å². The second-order valence-electron chi connectivity index (χ2n) is 17.7. The Bertz CT molecular complexity index is 2120. The number of aliphatic imine (C=N–C) groups is 1. The molecule has 0 aliphatic rings. The molecule has 0 radical (unpaired) electrons. The lowest BCUT2D eigenvalue weighted by molar-refractivity contribution is -0.157. The lowest BCUT2D eigenvalue weighted by Gasteiger charge is -2.29. The first-order chi connectivity index (χ1) is 28.0. The first-order valence-corrected chi connectivity index (χ1v) is 20.7. The number of rotatable bonds is 11. The molecule has 3 aromatic carbocycles. The van der Waals surface area contributed by atoms with E-state index in [0.29, 0.717) is 15.4 Å². The highest BCUT2D eigenvalue weighted by Crippen LogP contribution is 2.22. The van der Waals surface area contributed by atoms with Crippen molar-refractivity contribution in [1.29, 1.82) is 0 Å². The minimum absolute atomic E-state index is 0.0647. The molecule has 0 saturated carbocycles. The third-order valence-corrected chi connectivity index (χ3v) is 8.64. The molecule has 61 heavy (non-hydrogen) atoms. The number of carbonyl (C=O) groups excluding carboxylic acids is 5. The summed E-state index contributed by atoms with van der Waals surface area (Å²) in [5.41, 5.74) is -2.36. The van der Waals surface area contributed by atoms with E-state index in [0.717, 1.165) is 0 Å². The Morgan fingerprint density at radius 2 is 1.11 bits per heavy atom. The highest BCUT2D eigenvalue weighted by Gasteiger charge is 2.37. The van der Waals surface area contributed by atoms with Gasteiger partial charge in [-0.15, -0.1) is 0 Å². The van der Waals surface area contributed by atoms with E-state index in [1.165, 1.54) is 48.5 Å². The summed E-state index contributed by atoms with van der Waals surface area (Å²) in [6.07, 6.45) is -3.02. The zero-order chi connectivity index (χ0) is 46.0. The second-order valence-corrected chi connectivity index (χ2v) is 19.3. The maximum absolute atomic E-state index is 14.0. The fourth-order valence-electron chi connectivity index (χ4n) is 4.88. The normalized spacial score (nSPS) is 12.5. The Kier molecular flexibility index (Phi) is 16.2. The van der Waals surface area contributed by atoms with Crippen molar-refractivity contribution >= 4 is 52.1 Å². The van der Waals surface area contributed by atoms with Crippen LogP contribution >= 0.6 is 0 Å². The van der Waals surface area contributed by atoms with Crippen LogP contribution in [0, 0.1) is 0 Å². The van der Waals surface area contributed by atoms with Gasteiger partial charge in [0.15, 0.2) is 0 Å². The second kappa shape index (κ2) is 20.0. The van der Waals surface area contributed by atoms with E-state index in [1.54, 1.807) is 113 Å². The molecule has 0 aromatic heterocycles. The molecule has 0 aliphatic heterocycles. The highest BCUT2D eigenvalue weighted by molar-refractivity contribution is 7.87. The number of benzene rings is 3. The topological polar surface area (TPSA) is 217 Å². The highest BCUT2D eigenvalue weighted by atomic mass is 32.2. The van der Waals surface area contributed by atoms with Gasteiger partial charge in [-0.05, 0) is 137 Å². The van der Waals surface area contributed by atoms with Gasteiger partial charge in [0.25, 0.3) is 0 Å². The van der Waals surface area contributed by atoms with Gasteiger partial charge in [0, 0.05) is 0 Å². The molecular weight excluding hydrogens is 811 g/mol. The Balaban J connectivity index is 1.81. The minimum atomic E-state index is -4.76. The summed E-state index contributed by atoms with van der Waals surface area (Å²) in [6.45, 7) is 19.2. The number of hydrogen-bond acceptors (Lipinski definition) is 13. The van der Waals surface area contributed by atoms with Crippen LogP contribution in [0.15, 0.2) is 83.9 Å². The molecule has 332 valence electrons. The Labute approximate surface area is 357 Å². The first-order valence-electron chi connectivity index (χ1n) is 19.3. The lowest BCUT2D eigenvalue weighted by atomic mass is 10.1. The molecule has 0 fully saturated rings. The van der Waals surface area contributed by atoms with E-state index in [1.807, 2.05) is 0 Å². The smallest absolute Gasteiger partial charge is 0.425 e. The van der Waals surface area contributed by atoms with Crippen molar-refractivity contribution in [3.8, 4) is 5.75 Å². The van der Waals surface area contributed by atoms with Crippen molar-refractivity contribution < 1.29 is 56.1 Å². The minimum Gasteiger partial charge on any atom is -0.459 e. The Morgan fingerprint density at radius 1 is 0.623 bits per heavy atom. The maximum Gasteiger partial charge on any atom is 0.425 e. The number of ether oxygens (including phenoxy) is 5. The predicted molar refractivity (Wildman–Crippen MR) is 227 cm³/mol. The zero-order valence-corrected chi connectivity index (χ0v) is 37.5. The number of nitrogens with one attached hydrogen (secondary N) is 3. The molecule has 3 rings (SSSR count). The van der Waals surface area contributed by atoms with Crippen LogP contribution in [-0.2, 0) is 46.9 Å². The summed E-state index contributed by atoms with van der Waals surface area (Å²) in [5.74, 6) is -1.79. The standard InChI is InChI=1S/C43H57N5O12S/c1-40(2,3)57-35(50)33(26-28-16-14-13-15-17-28)47-61(54,55)48(39(53)60-43(10,11)12)27-29-18-24-32(25-19-29)56-34(49)30-20-22-31(23-21-30)44-36(45-37(51)58-41(4,5)6)46-38(52)59-42(7,8)9/h13-25,33,47H,26-27H2,1-12H3,(H2,44,45,46,51,52)/t33-/m0/s1. The summed E-state index contributed by atoms with van der Waals surface area (Å²) < 4.78 is 57.8. The Morgan fingerprint density at radius 3 is 1.59 bits per heavy atom. The van der Waals surface area contributed by atoms with E-state index in [2.05, 4.69) is 20.3 Å². The molecule has 0 spiro atoms. The molecule has 18 heteroatoms. The zero-order valence-electron chi connectivity index (χ0n) is 36.7. The molecule has 0 saturated heterocycles. The lowest BCUT2D eigenvalue weighted by Crippen LogP contribution is -2.52. The van der Waals surface area contributed by atoms with Crippen molar-refractivity contribution in [2.75, 3.05) is 0 Å². The third-order valence-electron chi connectivity index (χ3n) is 7.20. The molecule has 1 atom stereocenters. The molecule has 3 aromatic rings. The van der Waals surface area contributed by atoms with Crippen LogP contribution in [0.25, 0.3) is 0 Å². The van der Waals surface area contributed by atoms with Crippen molar-refractivity contribution in [3.05, 3.63) is 95.6 Å². The number of amides is 3. The average molecular weight is 868 g/mol. The van der Waals surface area contributed by atoms with Crippen LogP contribution in [0.5, 0.6) is 5.75 Å². The van der Waals surface area contributed by atoms with Gasteiger partial charge >= 0.3 is 40.4 Å². The molecular formula is C43H57N5O12S. The van der Waals surface area contributed by atoms with Gasteiger partial charge in [0.2, 0.25) is 5.96 Å². The molecule has 0 bridgehead atoms. The number of esters is 2. The summed E-state index contributed by atoms with van der Waals surface area (Å²) >= 11 is 0. The van der Waals surface area contributed by atoms with E-state index in [4.69, 9.17) is 23.7 Å². The van der Waals surface area contributed by atoms with E-state index < -0.39 is 75.4 Å². The van der Waals surface area contributed by atoms with Gasteiger partial charge < -0.3 is 23.7 Å². The van der Waals surface area contributed by atoms with Crippen LogP contribution in [-0.4, -0.2) is 77.3 Å². The van der Waals surface area contributed by atoms with Crippen LogP contribution in [0.1, 0.15) is 105 Å². The number of nitrogens with zero attached hydrogens (tertiary/aromatic N) is 2. The SMILES string of the molecule is CC(C)(C)OC(=O)NC(=Nc1ccc(C(=O)Oc2ccc(CN(C(=O)OC(C)(C)C)S(=O)(=O)N[C@@H](Cc3ccccc3)C(=O)OC(C)(C)C)cc2)cc1)NC(=O)OC(C)(C)C. The van der Waals surface area contributed by atoms with Crippen LogP contribution in [0.4, 0.5) is 20.1 Å². The number of guanidine groups is 1. The Hall–Kier alpha value is -6.01. The van der Waals surface area contributed by atoms with Crippen LogP contribution < -0.4 is 20.1 Å². The number of carbonyl (C=O) groups is 5. The van der Waals surface area contributed by atoms with E-state index in [9.17, 15) is 32.4 Å². The fourth-order valence-corrected chi connectivity index (χ4v) is 6.10. The van der Waals surface area contributed by atoms with Crippen molar-refractivity contribution in [2.24, 2.45) is 4.99 Å². The van der Waals surface area contributed by atoms with Gasteiger partial charge in [-0.1, -0.05) is 42.5 Å². The molecule has 0 heterocycles. The van der Waals surface area contributed by atoms with Gasteiger partial charge in [-0.3, -0.25) is 15.4 Å². The largest absolute Gasteiger partial charge is 0.459 e. The van der Waals surface area contributed by atoms with E-state index in [-0.39, 0.29) is 29.4 Å². The van der Waals surface area contributed by atoms with Crippen LogP contribution in [0.3, 0.4) is 0 Å². The molecule has 3 amide bonds. The maximum atomic E-state index is 14.0. The summed E-state index contributed by atoms with van der Waals surface area (Å²) in [7, 11) is -4.76. The number of alkyl carbamates (subject to hydrolysis) is 2. The van der Waals surface area contributed by atoms with E-state index >= 15 is 0 Å². The van der Waals surface area contributed by atoms with Crippen LogP contribution in [0.2, 0.25) is 0 Å². The van der Waals surface area contributed by atoms with Gasteiger partial charge in [-0.25, -0.2) is 24.2 Å². The van der Waals surface area contributed by atoms with Crippen molar-refractivity contribution in [3.63, 3.8) is 0 Å². The number of hydrogen-bond donors (Lipinski definition) is 3. The molecule has 17 nitrogen and oxygen atoms in total. The van der Waals surface area contributed by atoms with Gasteiger partial charge in [0.1, 0.15) is 34.2 Å². The quantitative estimate of drug-likeness (QED) is 0.0562. The van der Waals surface area contributed by atoms with Gasteiger partial charge in [0.05, 0.1) is 17.8 Å². The monoisotopic (exact) mass is 867 g/mol. The summed E-state index contributed by atoms with van der Waals surface area (Å²) in [5, 5.41) is 4.76. The molecule has 3 N–H and O–H groups in total. The fraction of sp³-hybridized carbons (Fsp3) is 0.442. The van der Waals surface area contributed by atoms with Crippen molar-refractivity contribution in [1.82, 2.24) is 19.7 Å². The summed E-state index contributed by atoms with van der Waals surface area (Å²) in [6, 6.07) is 18.8. The first kappa shape index (κ1) is 49.4. The molecule has 0 unspecified atom stereocenters. The predicted octanol–water partition coefficient (Wildman–Crippen LogP) is 7.47. The average Bonchev–Trinajstić information content (AvgIpc) is 3.08. The third kappa shape index (κ3) is 18.4. The van der Waals surface area contributed by atoms with Gasteiger partial charge in [-0.2, -0.15) is 17.4 Å². The summed E-state index contributed by atoms with van der Waals surface area (Å²) in [4.78, 5) is 69.0. The molecule has 0 aliphatic carbocycles.